The van der Waals surface area contributed by atoms with Crippen molar-refractivity contribution in [3.05, 3.63) is 73.8 Å². The molecule has 37 heteroatoms. The summed E-state index contributed by atoms with van der Waals surface area (Å²) in [7, 11) is 28.6. The molecule has 37 nitrogen and oxygen atoms in total. The summed E-state index contributed by atoms with van der Waals surface area (Å²) < 4.78 is 243. The van der Waals surface area contributed by atoms with E-state index in [1.54, 1.807) is 60.7 Å². The number of methoxy groups -OCH3 is 19. The van der Waals surface area contributed by atoms with Crippen molar-refractivity contribution >= 4 is 0 Å². The molecule has 21 saturated heterocycles. The Morgan fingerprint density at radius 3 is 0.491 bits per heavy atom. The van der Waals surface area contributed by atoms with E-state index in [4.69, 9.17) is 175 Å². The summed E-state index contributed by atoms with van der Waals surface area (Å²) in [5, 5.41) is 0. The van der Waals surface area contributed by atoms with E-state index in [9.17, 15) is 0 Å². The zero-order valence-electron chi connectivity index (χ0n) is 69.9. The molecule has 0 aliphatic carbocycles. The van der Waals surface area contributed by atoms with E-state index in [1.807, 2.05) is 0 Å². The van der Waals surface area contributed by atoms with Crippen LogP contribution in [0.3, 0.4) is 0 Å². The summed E-state index contributed by atoms with van der Waals surface area (Å²) in [5.41, 5.74) is 0. The first-order valence-electron chi connectivity index (χ1n) is 38.5. The molecule has 23 rings (SSSR count). The second-order valence-corrected chi connectivity index (χ2v) is 28.4. The first-order chi connectivity index (χ1) is 56.6. The summed E-state index contributed by atoms with van der Waals surface area (Å²) in [4.78, 5) is 0. The highest BCUT2D eigenvalue weighted by molar-refractivity contribution is 5.32. The first kappa shape index (κ1) is 94.1. The average molecular weight is 1670 g/mol. The van der Waals surface area contributed by atoms with E-state index < -0.39 is 215 Å². The molecule has 21 heterocycles. The fourth-order valence-corrected chi connectivity index (χ4v) is 16.5. The molecule has 0 aromatic heterocycles. The zero-order chi connectivity index (χ0) is 83.1. The molecule has 116 heavy (non-hydrogen) atoms. The van der Waals surface area contributed by atoms with Gasteiger partial charge in [0.15, 0.2) is 44.0 Å². The van der Waals surface area contributed by atoms with Crippen LogP contribution in [-0.2, 0) is 156 Å². The first-order valence-corrected chi connectivity index (χ1v) is 38.5. The SMILES string of the molecule is C=CCOc1ccc(OC[C@H]2O[C@@H]3O[C@H]4[C@H](OC)[C@@H](OC)[C@@H](O[C@H]5[C@H](OC)[C@@H](OC)[C@@H](O[C@H]6[C@H](OC)[C@@H](OC)[C@@H](O[C@H]7[C@H](OC)[C@@H](OC)[C@@H](O[C@H]8[C@H](OC)[C@@H](OC)[C@@H](O[C@H]9[C@H](OC)[C@@H](OC)[C@@H](O[C@H]2[C@H](OC)[C@H]3OC)O[C@@H]9COC)O[C@@H]8COC)O[C@@H]7COC)O[C@@H]6COc2ccc(OCC=C)cc2)O[C@@H]5COC)O[C@@H]4COC)cc1. The lowest BCUT2D eigenvalue weighted by Crippen LogP contribution is -2.69. The minimum Gasteiger partial charge on any atom is -0.491 e. The molecule has 21 aliphatic rings. The summed E-state index contributed by atoms with van der Waals surface area (Å²) in [5.74, 6) is 2.08. The molecule has 35 atom stereocenters. The Kier molecular flexibility index (Phi) is 38.0. The van der Waals surface area contributed by atoms with Gasteiger partial charge in [0.1, 0.15) is 220 Å². The lowest BCUT2D eigenvalue weighted by atomic mass is 9.94. The fourth-order valence-electron chi connectivity index (χ4n) is 16.5. The Hall–Kier alpha value is -4.20. The van der Waals surface area contributed by atoms with Crippen LogP contribution in [0.25, 0.3) is 0 Å². The van der Waals surface area contributed by atoms with Gasteiger partial charge in [-0.2, -0.15) is 0 Å². The Labute approximate surface area is 679 Å². The molecule has 0 N–H and O–H groups in total. The molecule has 0 amide bonds. The number of hydrogen-bond acceptors (Lipinski definition) is 37. The van der Waals surface area contributed by atoms with Crippen LogP contribution in [0.2, 0.25) is 0 Å². The van der Waals surface area contributed by atoms with Crippen molar-refractivity contribution in [1.82, 2.24) is 0 Å². The van der Waals surface area contributed by atoms with Crippen molar-refractivity contribution < 1.29 is 175 Å². The maximum absolute atomic E-state index is 7.23. The molecule has 14 bridgehead atoms. The van der Waals surface area contributed by atoms with Crippen molar-refractivity contribution in [3.63, 3.8) is 0 Å². The molecule has 21 aliphatic heterocycles. The third-order valence-electron chi connectivity index (χ3n) is 21.9. The van der Waals surface area contributed by atoms with Gasteiger partial charge in [-0.15, -0.1) is 0 Å². The van der Waals surface area contributed by atoms with Crippen LogP contribution in [0, 0.1) is 0 Å². The summed E-state index contributed by atoms with van der Waals surface area (Å²) in [6, 6.07) is 14.1. The van der Waals surface area contributed by atoms with Crippen LogP contribution in [0.1, 0.15) is 0 Å². The van der Waals surface area contributed by atoms with E-state index in [0.717, 1.165) is 0 Å². The minimum atomic E-state index is -1.32. The normalized spacial score (nSPS) is 40.5. The van der Waals surface area contributed by atoms with Gasteiger partial charge in [-0.05, 0) is 48.5 Å². The molecule has 2 aromatic carbocycles. The number of hydrogen-bond donors (Lipinski definition) is 0. The molecular formula is C79H124O37. The van der Waals surface area contributed by atoms with Crippen LogP contribution in [-0.4, -0.2) is 409 Å². The quantitative estimate of drug-likeness (QED) is 0.0885. The van der Waals surface area contributed by atoms with E-state index in [-0.39, 0.29) is 46.2 Å². The van der Waals surface area contributed by atoms with Gasteiger partial charge in [-0.1, -0.05) is 25.3 Å². The molecule has 0 spiro atoms. The third kappa shape index (κ3) is 21.7. The van der Waals surface area contributed by atoms with Crippen LogP contribution in [0.5, 0.6) is 23.0 Å². The highest BCUT2D eigenvalue weighted by Gasteiger charge is 2.62. The summed E-state index contributed by atoms with van der Waals surface area (Å²) in [6.45, 7) is 7.37. The molecular weight excluding hydrogens is 1540 g/mol. The fraction of sp³-hybridized carbons (Fsp3) is 0.797. The average Bonchev–Trinajstić information content (AvgIpc) is 0.768. The Balaban J connectivity index is 1.08. The number of benzene rings is 2. The van der Waals surface area contributed by atoms with Crippen LogP contribution < -0.4 is 18.9 Å². The van der Waals surface area contributed by atoms with Crippen LogP contribution in [0.4, 0.5) is 0 Å². The highest BCUT2D eigenvalue weighted by atomic mass is 16.8. The van der Waals surface area contributed by atoms with Gasteiger partial charge in [0, 0.05) is 135 Å². The molecule has 0 saturated carbocycles. The predicted octanol–water partition coefficient (Wildman–Crippen LogP) is 2.50. The van der Waals surface area contributed by atoms with E-state index in [1.165, 1.54) is 135 Å². The topological polar surface area (TPSA) is 342 Å². The van der Waals surface area contributed by atoms with E-state index in [2.05, 4.69) is 13.2 Å². The van der Waals surface area contributed by atoms with Crippen molar-refractivity contribution in [2.24, 2.45) is 0 Å². The zero-order valence-corrected chi connectivity index (χ0v) is 69.9. The van der Waals surface area contributed by atoms with Gasteiger partial charge in [0.05, 0.1) is 33.0 Å². The maximum atomic E-state index is 7.23. The Morgan fingerprint density at radius 1 is 0.207 bits per heavy atom. The minimum absolute atomic E-state index is 0.0704. The van der Waals surface area contributed by atoms with Crippen molar-refractivity contribution in [2.45, 2.75) is 215 Å². The van der Waals surface area contributed by atoms with Crippen LogP contribution >= 0.6 is 0 Å². The molecule has 2 aromatic rings. The van der Waals surface area contributed by atoms with Gasteiger partial charge in [0.25, 0.3) is 0 Å². The lowest BCUT2D eigenvalue weighted by Gasteiger charge is -2.52. The smallest absolute Gasteiger partial charge is 0.187 e. The second kappa shape index (κ2) is 46.9. The third-order valence-corrected chi connectivity index (χ3v) is 21.9. The lowest BCUT2D eigenvalue weighted by molar-refractivity contribution is -0.402. The summed E-state index contributed by atoms with van der Waals surface area (Å²) in [6.07, 6.45) is -35.2. The molecule has 0 radical (unpaired) electrons. The van der Waals surface area contributed by atoms with E-state index >= 15 is 0 Å². The number of rotatable bonds is 36. The Bertz CT molecular complexity index is 3010. The summed E-state index contributed by atoms with van der Waals surface area (Å²) >= 11 is 0. The standard InChI is InChI=1S/C79H124O37/c1-22-32-99-41-24-28-43(29-25-41)101-39-50-57-64(90-13)72(98-21)79(109-50)114-56-49(38-84-7)105-75(68(94-17)63(56)89-12)112-54-47(36-82-5)107-77(70(96-19)61(54)87-10)116-58-51(40-102-44-30-26-42(27-31-44)100-33-23-2)108-78(71(97-20)65(58)91-14)113-55-48(37-83-6)104-74(67(93-16)62(55)88-11)110-52-45(34-80-3)103-73(66(92-15)59(52)85-8)111-53-46(35-81-4)106-76(115-57)69(95-18)60(53)86-9/h22-31,45-79H,1-2,32-40H2,3-21H3/t45-,46-,47-,48-,49-,50-,51-,52-,53-,54-,55-,56-,57-,58-,59+,60+,61+,62+,63+,64+,65+,66-,67-,68-,69-,70-,71-,72-,73-,74-,75-,76-,77-,78-,79-/m1/s1. The van der Waals surface area contributed by atoms with Gasteiger partial charge in [0.2, 0.25) is 0 Å². The van der Waals surface area contributed by atoms with Gasteiger partial charge >= 0.3 is 0 Å². The van der Waals surface area contributed by atoms with Crippen molar-refractivity contribution in [3.8, 4) is 23.0 Å². The molecule has 662 valence electrons. The number of ether oxygens (including phenoxy) is 37. The second-order valence-electron chi connectivity index (χ2n) is 28.4. The van der Waals surface area contributed by atoms with Gasteiger partial charge in [-0.3, -0.25) is 0 Å². The van der Waals surface area contributed by atoms with Crippen LogP contribution in [0.15, 0.2) is 73.8 Å². The highest BCUT2D eigenvalue weighted by Crippen LogP contribution is 2.44. The maximum Gasteiger partial charge on any atom is 0.187 e. The van der Waals surface area contributed by atoms with Crippen molar-refractivity contribution in [1.29, 1.82) is 0 Å². The van der Waals surface area contributed by atoms with E-state index in [0.29, 0.717) is 36.2 Å². The van der Waals surface area contributed by atoms with Crippen molar-refractivity contribution in [2.75, 3.05) is 195 Å². The monoisotopic (exact) mass is 1660 g/mol. The van der Waals surface area contributed by atoms with Gasteiger partial charge in [-0.25, -0.2) is 0 Å². The molecule has 0 unspecified atom stereocenters. The Morgan fingerprint density at radius 2 is 0.353 bits per heavy atom. The largest absolute Gasteiger partial charge is 0.491 e. The molecule has 21 fully saturated rings. The van der Waals surface area contributed by atoms with Gasteiger partial charge < -0.3 is 175 Å². The predicted molar refractivity (Wildman–Crippen MR) is 401 cm³/mol.